The van der Waals surface area contributed by atoms with Gasteiger partial charge in [-0.1, -0.05) is 144 Å². The van der Waals surface area contributed by atoms with Crippen LogP contribution in [0.5, 0.6) is 0 Å². The zero-order chi connectivity index (χ0) is 38.7. The maximum Gasteiger partial charge on any atom is 0.291 e. The molecule has 9 nitrogen and oxygen atoms in total. The van der Waals surface area contributed by atoms with Gasteiger partial charge < -0.3 is 4.90 Å². The van der Waals surface area contributed by atoms with Crippen molar-refractivity contribution in [1.29, 1.82) is 5.26 Å². The van der Waals surface area contributed by atoms with Gasteiger partial charge in [0.25, 0.3) is 11.9 Å². The SMILES string of the molecule is CCCCC(CC)CN(CC(CC)CCCC)c1nc(-c2ccccc2)c(/N=C2/C(C)=C(C#N)C(=O)n3nc(N(c4ccccc4)c4ccccc4)nc32)s1. The zero-order valence-electron chi connectivity index (χ0n) is 32.8. The van der Waals surface area contributed by atoms with Crippen molar-refractivity contribution in [3.63, 3.8) is 0 Å². The van der Waals surface area contributed by atoms with Crippen molar-refractivity contribution < 1.29 is 4.79 Å². The molecule has 1 aliphatic heterocycles. The van der Waals surface area contributed by atoms with Crippen molar-refractivity contribution in [1.82, 2.24) is 19.7 Å². The quantitative estimate of drug-likeness (QED) is 0.0877. The summed E-state index contributed by atoms with van der Waals surface area (Å²) in [5, 5.41) is 16.7. The molecule has 2 unspecified atom stereocenters. The molecule has 10 heteroatoms. The Bertz CT molecular complexity index is 2070. The predicted molar refractivity (Wildman–Crippen MR) is 226 cm³/mol. The van der Waals surface area contributed by atoms with E-state index in [4.69, 9.17) is 20.1 Å². The molecule has 3 heterocycles. The summed E-state index contributed by atoms with van der Waals surface area (Å²) < 4.78 is 1.23. The predicted octanol–water partition coefficient (Wildman–Crippen LogP) is 11.7. The van der Waals surface area contributed by atoms with Crippen LogP contribution in [0.1, 0.15) is 96.6 Å². The second kappa shape index (κ2) is 18.8. The average molecular weight is 753 g/mol. The van der Waals surface area contributed by atoms with E-state index in [1.165, 1.54) is 43.2 Å². The Kier molecular flexibility index (Phi) is 13.4. The topological polar surface area (TPSA) is 103 Å². The van der Waals surface area contributed by atoms with Gasteiger partial charge >= 0.3 is 0 Å². The molecule has 2 aromatic heterocycles. The molecule has 55 heavy (non-hydrogen) atoms. The first-order valence-corrected chi connectivity index (χ1v) is 20.7. The molecule has 0 aliphatic carbocycles. The Morgan fingerprint density at radius 1 is 0.800 bits per heavy atom. The lowest BCUT2D eigenvalue weighted by Crippen LogP contribution is -2.34. The molecule has 0 radical (unpaired) electrons. The number of hydrogen-bond acceptors (Lipinski definition) is 9. The first kappa shape index (κ1) is 39.3. The maximum atomic E-state index is 13.8. The van der Waals surface area contributed by atoms with Gasteiger partial charge in [0, 0.05) is 35.6 Å². The Morgan fingerprint density at radius 2 is 1.35 bits per heavy atom. The van der Waals surface area contributed by atoms with Gasteiger partial charge in [-0.15, -0.1) is 5.10 Å². The number of thiazole rings is 1. The van der Waals surface area contributed by atoms with Gasteiger partial charge in [-0.25, -0.2) is 9.98 Å². The van der Waals surface area contributed by atoms with Gasteiger partial charge in [0.1, 0.15) is 28.0 Å². The van der Waals surface area contributed by atoms with E-state index < -0.39 is 5.91 Å². The summed E-state index contributed by atoms with van der Waals surface area (Å²) in [7, 11) is 0. The van der Waals surface area contributed by atoms with E-state index in [2.05, 4.69) is 50.8 Å². The standard InChI is InChI=1S/C45H52N8OS/c1-6-10-21-33(8-3)30-51(31-34(9-4)22-11-7-2)45-48-40(35-23-15-12-16-24-35)42(55-45)47-39-32(5)38(29-46)43(54)53-41(39)49-44(50-53)52(36-25-17-13-18-26-36)37-27-19-14-20-28-37/h12-20,23-28,33-34H,6-11,21-22,30-31H2,1-5H3/b47-39-. The lowest BCUT2D eigenvalue weighted by molar-refractivity contribution is 0.0942. The molecule has 0 amide bonds. The highest BCUT2D eigenvalue weighted by Gasteiger charge is 2.34. The number of carbonyl (C=O) groups excluding carboxylic acids is 1. The van der Waals surface area contributed by atoms with Crippen molar-refractivity contribution in [2.75, 3.05) is 22.9 Å². The minimum atomic E-state index is -0.524. The number of benzene rings is 3. The molecule has 0 bridgehead atoms. The third-order valence-electron chi connectivity index (χ3n) is 10.5. The third-order valence-corrected chi connectivity index (χ3v) is 11.5. The minimum absolute atomic E-state index is 0.00952. The largest absolute Gasteiger partial charge is 0.347 e. The van der Waals surface area contributed by atoms with Crippen molar-refractivity contribution in [2.24, 2.45) is 16.8 Å². The van der Waals surface area contributed by atoms with Crippen LogP contribution in [0.15, 0.2) is 107 Å². The third kappa shape index (κ3) is 8.95. The van der Waals surface area contributed by atoms with E-state index in [1.807, 2.05) is 83.8 Å². The fourth-order valence-electron chi connectivity index (χ4n) is 7.13. The number of rotatable bonds is 18. The summed E-state index contributed by atoms with van der Waals surface area (Å²) in [5.41, 5.74) is 4.28. The number of aliphatic imine (C=N–C) groups is 1. The van der Waals surface area contributed by atoms with E-state index in [1.54, 1.807) is 18.3 Å². The lowest BCUT2D eigenvalue weighted by Gasteiger charge is -2.30. The first-order valence-electron chi connectivity index (χ1n) is 19.8. The molecule has 0 saturated heterocycles. The van der Waals surface area contributed by atoms with E-state index in [0.29, 0.717) is 34.1 Å². The highest BCUT2D eigenvalue weighted by Crippen LogP contribution is 2.42. The second-order valence-corrected chi connectivity index (χ2v) is 15.2. The summed E-state index contributed by atoms with van der Waals surface area (Å²) in [6, 6.07) is 31.9. The first-order chi connectivity index (χ1) is 26.9. The summed E-state index contributed by atoms with van der Waals surface area (Å²) in [6.07, 6.45) is 9.41. The number of nitriles is 1. The molecule has 0 saturated carbocycles. The number of anilines is 4. The van der Waals surface area contributed by atoms with Gasteiger partial charge in [0.2, 0.25) is 0 Å². The van der Waals surface area contributed by atoms with Crippen LogP contribution in [-0.4, -0.2) is 44.5 Å². The molecule has 284 valence electrons. The summed E-state index contributed by atoms with van der Waals surface area (Å²) in [5.74, 6) is 1.18. The van der Waals surface area contributed by atoms with Crippen LogP contribution in [0, 0.1) is 23.2 Å². The number of aromatic nitrogens is 4. The van der Waals surface area contributed by atoms with Crippen molar-refractivity contribution >= 4 is 50.4 Å². The average Bonchev–Trinajstić information content (AvgIpc) is 3.86. The molecule has 0 fully saturated rings. The van der Waals surface area contributed by atoms with E-state index in [-0.39, 0.29) is 11.4 Å². The monoisotopic (exact) mass is 752 g/mol. The Balaban J connectivity index is 1.51. The summed E-state index contributed by atoms with van der Waals surface area (Å²) in [4.78, 5) is 34.0. The lowest BCUT2D eigenvalue weighted by atomic mass is 9.96. The number of unbranched alkanes of at least 4 members (excludes halogenated alkanes) is 2. The highest BCUT2D eigenvalue weighted by molar-refractivity contribution is 7.19. The van der Waals surface area contributed by atoms with Crippen molar-refractivity contribution in [2.45, 2.75) is 86.0 Å². The van der Waals surface area contributed by atoms with Crippen LogP contribution in [-0.2, 0) is 0 Å². The Hall–Kier alpha value is -5.40. The molecule has 0 spiro atoms. The van der Waals surface area contributed by atoms with Crippen LogP contribution in [0.3, 0.4) is 0 Å². The van der Waals surface area contributed by atoms with Gasteiger partial charge in [0.15, 0.2) is 11.0 Å². The number of para-hydroxylation sites is 2. The Labute approximate surface area is 330 Å². The summed E-state index contributed by atoms with van der Waals surface area (Å²) >= 11 is 1.57. The van der Waals surface area contributed by atoms with Gasteiger partial charge in [-0.3, -0.25) is 9.69 Å². The van der Waals surface area contributed by atoms with Crippen LogP contribution in [0.4, 0.5) is 27.5 Å². The Morgan fingerprint density at radius 3 is 1.85 bits per heavy atom. The van der Waals surface area contributed by atoms with E-state index >= 15 is 0 Å². The van der Waals surface area contributed by atoms with Crippen LogP contribution in [0.25, 0.3) is 11.3 Å². The molecule has 5 aromatic rings. The zero-order valence-corrected chi connectivity index (χ0v) is 33.6. The fourth-order valence-corrected chi connectivity index (χ4v) is 8.11. The fraction of sp³-hybridized carbons (Fsp3) is 0.378. The molecule has 6 rings (SSSR count). The number of hydrogen-bond donors (Lipinski definition) is 0. The number of fused-ring (bicyclic) bond motifs is 1. The molecular weight excluding hydrogens is 701 g/mol. The molecule has 0 N–H and O–H groups in total. The number of nitrogens with zero attached hydrogens (tertiary/aromatic N) is 8. The highest BCUT2D eigenvalue weighted by atomic mass is 32.1. The molecular formula is C45H52N8OS. The molecule has 3 aromatic carbocycles. The van der Waals surface area contributed by atoms with E-state index in [0.717, 1.165) is 53.7 Å². The second-order valence-electron chi connectivity index (χ2n) is 14.3. The normalized spacial score (nSPS) is 14.5. The molecule has 2 atom stereocenters. The van der Waals surface area contributed by atoms with E-state index in [9.17, 15) is 10.1 Å². The van der Waals surface area contributed by atoms with Crippen LogP contribution >= 0.6 is 11.3 Å². The van der Waals surface area contributed by atoms with Gasteiger partial charge in [0.05, 0.1) is 0 Å². The maximum absolute atomic E-state index is 13.8. The van der Waals surface area contributed by atoms with Gasteiger partial charge in [-0.2, -0.15) is 14.9 Å². The minimum Gasteiger partial charge on any atom is -0.347 e. The van der Waals surface area contributed by atoms with Crippen LogP contribution < -0.4 is 9.80 Å². The number of allylic oxidation sites excluding steroid dienone is 2. The molecule has 1 aliphatic rings. The summed E-state index contributed by atoms with van der Waals surface area (Å²) in [6.45, 7) is 12.8. The number of carbonyl (C=O) groups is 1. The van der Waals surface area contributed by atoms with Crippen LogP contribution in [0.2, 0.25) is 0 Å². The smallest absolute Gasteiger partial charge is 0.291 e. The van der Waals surface area contributed by atoms with Crippen molar-refractivity contribution in [3.05, 3.63) is 108 Å². The van der Waals surface area contributed by atoms with Gasteiger partial charge in [-0.05, 0) is 55.9 Å². The van der Waals surface area contributed by atoms with Crippen molar-refractivity contribution in [3.8, 4) is 17.3 Å².